The number of para-hydroxylation sites is 1. The number of carbonyl (C=O) groups excluding carboxylic acids is 7. The second-order valence-corrected chi connectivity index (χ2v) is 23.3. The number of carbonyl (C=O) groups is 7. The van der Waals surface area contributed by atoms with Crippen LogP contribution in [0.5, 0.6) is 0 Å². The van der Waals surface area contributed by atoms with Crippen LogP contribution < -0.4 is 32.6 Å². The van der Waals surface area contributed by atoms with E-state index >= 15 is 0 Å². The van der Waals surface area contributed by atoms with Crippen LogP contribution in [-0.4, -0.2) is 142 Å². The number of nitrogens with two attached hydrogens (primary N) is 1. The molecule has 2 aromatic carbocycles. The van der Waals surface area contributed by atoms with Crippen molar-refractivity contribution in [1.82, 2.24) is 40.4 Å². The number of hydrogen-bond acceptors (Lipinski definition) is 19. The first-order valence-electron chi connectivity index (χ1n) is 30.1. The van der Waals surface area contributed by atoms with Crippen LogP contribution in [0.4, 0.5) is 10.5 Å². The number of ether oxygens (including phenoxy) is 5. The number of amides is 4. The summed E-state index contributed by atoms with van der Waals surface area (Å²) in [5.41, 5.74) is 8.91. The van der Waals surface area contributed by atoms with Gasteiger partial charge in [0.2, 0.25) is 29.2 Å². The Morgan fingerprint density at radius 3 is 2.41 bits per heavy atom. The van der Waals surface area contributed by atoms with E-state index in [4.69, 9.17) is 34.4 Å². The normalized spacial score (nSPS) is 14.8. The predicted molar refractivity (Wildman–Crippen MR) is 333 cm³/mol. The summed E-state index contributed by atoms with van der Waals surface area (Å²) in [6, 6.07) is 14.8. The summed E-state index contributed by atoms with van der Waals surface area (Å²) < 4.78 is 29.5. The van der Waals surface area contributed by atoms with Crippen LogP contribution in [0.25, 0.3) is 28.4 Å². The second kappa shape index (κ2) is 33.4. The zero-order valence-corrected chi connectivity index (χ0v) is 51.9. The molecule has 4 amide bonds. The van der Waals surface area contributed by atoms with Gasteiger partial charge < -0.3 is 60.2 Å². The van der Waals surface area contributed by atoms with Gasteiger partial charge in [-0.2, -0.15) is 0 Å². The highest BCUT2D eigenvalue weighted by Crippen LogP contribution is 2.42. The number of aromatic nitrogens is 4. The molecule has 0 saturated carbocycles. The van der Waals surface area contributed by atoms with E-state index in [2.05, 4.69) is 45.1 Å². The van der Waals surface area contributed by atoms with E-state index in [1.807, 2.05) is 50.3 Å². The van der Waals surface area contributed by atoms with Gasteiger partial charge in [0.15, 0.2) is 10.9 Å². The standard InChI is InChI=1S/C64H82N10O13S/c1-7-42(5)88-62-68-33-45(34-69-62)16-10-9-11-20-56(77)67-28-31-83-30-27-66-35-47(76)38-84-40-57(78)71-54(19-14-15-26-65)59(79)70-46-23-21-44(22-24-46)37-86-63(82)87-64(8-2)52-32-55-58-50(36-74(55)60(80)51(52)39-85-61(64)81)48(25-29-73(41(3)4)43(6)75)49-17-12-13-18-53(49)72-58/h10,12-13,16-18,21-24,32-34,41-42,54,66H,7-9,11,14-15,19-20,25-31,35-40,65H2,1-6H3,(H,67,77)(H,70,79)(H,71,78)/b16-10-/t42?,54-,64-/m0/s1. The quantitative estimate of drug-likeness (QED) is 0.0120. The lowest BCUT2D eigenvalue weighted by atomic mass is 9.85. The molecule has 0 spiro atoms. The van der Waals surface area contributed by atoms with E-state index in [0.29, 0.717) is 105 Å². The lowest BCUT2D eigenvalue weighted by molar-refractivity contribution is -0.175. The number of allylic oxidation sites excluding steroid dienone is 1. The van der Waals surface area contributed by atoms with E-state index in [1.165, 1.54) is 0 Å². The van der Waals surface area contributed by atoms with Gasteiger partial charge in [0.1, 0.15) is 32.5 Å². The number of esters is 1. The number of rotatable bonds is 35. The summed E-state index contributed by atoms with van der Waals surface area (Å²) in [4.78, 5) is 121. The van der Waals surface area contributed by atoms with E-state index in [1.54, 1.807) is 77.8 Å². The van der Waals surface area contributed by atoms with Gasteiger partial charge >= 0.3 is 12.1 Å². The number of unbranched alkanes of at least 4 members (excludes halogenated alkanes) is 2. The molecule has 24 heteroatoms. The highest BCUT2D eigenvalue weighted by atomic mass is 32.2. The molecule has 2 aliphatic heterocycles. The number of Topliss-reactive ketones (excluding diaryl/α,β-unsaturated/α-hetero) is 1. The summed E-state index contributed by atoms with van der Waals surface area (Å²) in [6.07, 6.45) is 11.1. The monoisotopic (exact) mass is 1230 g/mol. The molecule has 3 aromatic heterocycles. The predicted octanol–water partition coefficient (Wildman–Crippen LogP) is 6.66. The van der Waals surface area contributed by atoms with Crippen molar-refractivity contribution >= 4 is 76.0 Å². The number of hydrogen-bond donors (Lipinski definition) is 5. The fourth-order valence-electron chi connectivity index (χ4n) is 10.3. The lowest BCUT2D eigenvalue weighted by Gasteiger charge is -2.35. The van der Waals surface area contributed by atoms with Crippen molar-refractivity contribution in [2.75, 3.05) is 64.5 Å². The van der Waals surface area contributed by atoms with Crippen LogP contribution in [0.3, 0.4) is 0 Å². The molecule has 0 aliphatic carbocycles. The van der Waals surface area contributed by atoms with Gasteiger partial charge in [0, 0.05) is 84.4 Å². The molecule has 6 N–H and O–H groups in total. The SMILES string of the molecule is CCC(C)Sc1ncc(/C=C\CCCC(=O)NCCOCCNCC(=O)COCC(=O)N[C@@H](CCCCN)C(=O)Nc2ccc(COC(=O)O[C@]3(CC)C(=O)OCc4c3cc3n(c4=O)Cc4c-3nc3ccccc3c4CCN(C(C)=O)C(C)C)cc2)cn1. The lowest BCUT2D eigenvalue weighted by Crippen LogP contribution is -2.47. The molecule has 88 heavy (non-hydrogen) atoms. The summed E-state index contributed by atoms with van der Waals surface area (Å²) in [7, 11) is 0. The van der Waals surface area contributed by atoms with Crippen molar-refractivity contribution in [3.63, 3.8) is 0 Å². The molecule has 472 valence electrons. The molecule has 5 heterocycles. The Labute approximate surface area is 517 Å². The van der Waals surface area contributed by atoms with Crippen molar-refractivity contribution < 1.29 is 57.2 Å². The Bertz CT molecular complexity index is 3340. The van der Waals surface area contributed by atoms with Crippen LogP contribution >= 0.6 is 11.8 Å². The first-order valence-corrected chi connectivity index (χ1v) is 31.0. The van der Waals surface area contributed by atoms with Crippen molar-refractivity contribution in [2.45, 2.75) is 147 Å². The van der Waals surface area contributed by atoms with Gasteiger partial charge in [-0.25, -0.2) is 24.5 Å². The van der Waals surface area contributed by atoms with Gasteiger partial charge in [-0.1, -0.05) is 75.0 Å². The minimum absolute atomic E-state index is 0.0143. The topological polar surface area (TPSA) is 304 Å². The van der Waals surface area contributed by atoms with E-state index in [-0.39, 0.29) is 80.5 Å². The zero-order chi connectivity index (χ0) is 63.2. The summed E-state index contributed by atoms with van der Waals surface area (Å²) in [6.45, 7) is 12.4. The third kappa shape index (κ3) is 18.6. The first-order chi connectivity index (χ1) is 42.4. The molecular formula is C64H82N10O13S. The van der Waals surface area contributed by atoms with E-state index in [9.17, 15) is 38.4 Å². The van der Waals surface area contributed by atoms with E-state index < -0.39 is 47.7 Å². The molecule has 1 unspecified atom stereocenters. The number of ketones is 1. The summed E-state index contributed by atoms with van der Waals surface area (Å²) >= 11 is 1.65. The zero-order valence-electron chi connectivity index (χ0n) is 51.1. The molecule has 3 atom stereocenters. The largest absolute Gasteiger partial charge is 0.510 e. The molecule has 0 fully saturated rings. The van der Waals surface area contributed by atoms with Crippen molar-refractivity contribution in [3.8, 4) is 11.4 Å². The van der Waals surface area contributed by atoms with E-state index in [0.717, 1.165) is 40.1 Å². The maximum Gasteiger partial charge on any atom is 0.510 e. The molecule has 0 saturated heterocycles. The van der Waals surface area contributed by atoms with Gasteiger partial charge in [-0.3, -0.25) is 28.8 Å². The number of cyclic esters (lactones) is 1. The number of nitrogens with one attached hydrogen (secondary N) is 4. The molecule has 23 nitrogen and oxygen atoms in total. The van der Waals surface area contributed by atoms with Gasteiger partial charge in [-0.05, 0) is 107 Å². The fraction of sp³-hybridized carbons (Fsp3) is 0.484. The van der Waals surface area contributed by atoms with Gasteiger partial charge in [-0.15, -0.1) is 0 Å². The number of pyridine rings is 2. The minimum atomic E-state index is -2.02. The van der Waals surface area contributed by atoms with Gasteiger partial charge in [0.05, 0.1) is 48.8 Å². The highest BCUT2D eigenvalue weighted by molar-refractivity contribution is 7.99. The summed E-state index contributed by atoms with van der Waals surface area (Å²) in [5.74, 6) is -2.35. The number of fused-ring (bicyclic) bond motifs is 5. The Morgan fingerprint density at radius 1 is 0.920 bits per heavy atom. The van der Waals surface area contributed by atoms with Crippen LogP contribution in [-0.2, 0) is 84.2 Å². The third-order valence-electron chi connectivity index (χ3n) is 15.2. The van der Waals surface area contributed by atoms with Gasteiger partial charge in [0.25, 0.3) is 5.56 Å². The highest BCUT2D eigenvalue weighted by Gasteiger charge is 2.51. The fourth-order valence-corrected chi connectivity index (χ4v) is 11.0. The van der Waals surface area contributed by atoms with Crippen molar-refractivity contribution in [1.29, 1.82) is 0 Å². The number of nitrogens with zero attached hydrogens (tertiary/aromatic N) is 5. The Hall–Kier alpha value is -7.90. The summed E-state index contributed by atoms with van der Waals surface area (Å²) in [5, 5.41) is 13.4. The third-order valence-corrected chi connectivity index (χ3v) is 16.3. The average Bonchev–Trinajstić information content (AvgIpc) is 1.52. The molecule has 5 aromatic rings. The average molecular weight is 1230 g/mol. The molecular weight excluding hydrogens is 1150 g/mol. The maximum atomic E-state index is 14.4. The number of anilines is 1. The second-order valence-electron chi connectivity index (χ2n) is 21.9. The van der Waals surface area contributed by atoms with Crippen LogP contribution in [0.1, 0.15) is 126 Å². The first kappa shape index (κ1) is 67.6. The van der Waals surface area contributed by atoms with Crippen molar-refractivity contribution in [3.05, 3.63) is 117 Å². The number of benzene rings is 2. The minimum Gasteiger partial charge on any atom is -0.457 e. The Balaban J connectivity index is 0.820. The van der Waals surface area contributed by atoms with Crippen LogP contribution in [0, 0.1) is 0 Å². The molecule has 0 bridgehead atoms. The van der Waals surface area contributed by atoms with Crippen LogP contribution in [0.2, 0.25) is 0 Å². The Morgan fingerprint density at radius 2 is 1.68 bits per heavy atom. The number of thioether (sulfide) groups is 1. The Kier molecular flexibility index (Phi) is 25.7. The molecule has 0 radical (unpaired) electrons. The smallest absolute Gasteiger partial charge is 0.457 e. The maximum absolute atomic E-state index is 14.4. The molecule has 2 aliphatic rings. The van der Waals surface area contributed by atoms with Crippen LogP contribution in [0.15, 0.2) is 83.0 Å². The molecule has 7 rings (SSSR count). The van der Waals surface area contributed by atoms with Crippen molar-refractivity contribution in [2.24, 2.45) is 5.73 Å².